The van der Waals surface area contributed by atoms with Crippen LogP contribution in [0.15, 0.2) is 36.1 Å². The summed E-state index contributed by atoms with van der Waals surface area (Å²) in [5.41, 5.74) is 2.62. The van der Waals surface area contributed by atoms with E-state index < -0.39 is 0 Å². The van der Waals surface area contributed by atoms with Gasteiger partial charge in [-0.1, -0.05) is 53.7 Å². The summed E-state index contributed by atoms with van der Waals surface area (Å²) in [7, 11) is 0.0424. The minimum Gasteiger partial charge on any atom is -0.632 e. The molecule has 0 saturated carbocycles. The maximum atomic E-state index is 5.66. The van der Waals surface area contributed by atoms with E-state index in [1.807, 2.05) is 6.08 Å². The summed E-state index contributed by atoms with van der Waals surface area (Å²) < 4.78 is 11.3. The lowest BCUT2D eigenvalue weighted by Gasteiger charge is -2.27. The molecule has 3 heteroatoms. The van der Waals surface area contributed by atoms with Crippen molar-refractivity contribution >= 4 is 15.8 Å². The van der Waals surface area contributed by atoms with Crippen LogP contribution in [0.3, 0.4) is 0 Å². The van der Waals surface area contributed by atoms with E-state index in [0.29, 0.717) is 0 Å². The van der Waals surface area contributed by atoms with Gasteiger partial charge in [0.15, 0.2) is 0 Å². The molecule has 0 unspecified atom stereocenters. The number of hydrogen-bond donors (Lipinski definition) is 0. The van der Waals surface area contributed by atoms with Gasteiger partial charge < -0.3 is 8.54 Å². The van der Waals surface area contributed by atoms with E-state index in [-0.39, 0.29) is 20.8 Å². The van der Waals surface area contributed by atoms with Gasteiger partial charge in [0.2, 0.25) is 0 Å². The van der Waals surface area contributed by atoms with E-state index >= 15 is 0 Å². The number of rotatable bonds is 1. The second-order valence-electron chi connectivity index (χ2n) is 7.24. The van der Waals surface area contributed by atoms with Crippen LogP contribution >= 0.6 is 0 Å². The lowest BCUT2D eigenvalue weighted by atomic mass is 9.86. The summed E-state index contributed by atoms with van der Waals surface area (Å²) in [6, 6.07) is 8.61. The Hall–Kier alpha value is -1.35. The zero-order valence-electron chi connectivity index (χ0n) is 13.2. The third-order valence-corrected chi connectivity index (χ3v) is 3.95. The van der Waals surface area contributed by atoms with Crippen molar-refractivity contribution in [2.45, 2.75) is 47.0 Å². The van der Waals surface area contributed by atoms with Crippen molar-refractivity contribution in [2.24, 2.45) is 5.41 Å². The van der Waals surface area contributed by atoms with Crippen LogP contribution in [0, 0.1) is 5.41 Å². The van der Waals surface area contributed by atoms with Crippen LogP contribution in [-0.4, -0.2) is 15.8 Å². The van der Waals surface area contributed by atoms with Gasteiger partial charge in [-0.15, -0.1) is 0 Å². The average molecular weight is 287 g/mol. The molecule has 107 valence electrons. The predicted molar refractivity (Wildman–Crippen MR) is 83.8 cm³/mol. The third-order valence-electron chi connectivity index (χ3n) is 3.34. The van der Waals surface area contributed by atoms with Crippen molar-refractivity contribution in [2.75, 3.05) is 0 Å². The molecule has 0 aromatic heterocycles. The monoisotopic (exact) mass is 287 g/mol. The molecule has 1 aromatic rings. The van der Waals surface area contributed by atoms with Crippen molar-refractivity contribution in [3.05, 3.63) is 47.2 Å². The first-order valence-corrected chi connectivity index (χ1v) is 7.78. The highest BCUT2D eigenvalue weighted by Gasteiger charge is 2.24. The first kappa shape index (κ1) is 15.0. The molecule has 1 aliphatic rings. The van der Waals surface area contributed by atoms with Crippen LogP contribution in [-0.2, 0) is 9.84 Å². The van der Waals surface area contributed by atoms with Crippen LogP contribution in [0.2, 0.25) is 0 Å². The normalized spacial score (nSPS) is 15.9. The van der Waals surface area contributed by atoms with Gasteiger partial charge >= 0.3 is 10.0 Å². The Labute approximate surface area is 124 Å². The number of hydrogen-bond acceptors (Lipinski definition) is 1. The van der Waals surface area contributed by atoms with Crippen molar-refractivity contribution in [3.63, 3.8) is 0 Å². The number of benzene rings is 1. The highest BCUT2D eigenvalue weighted by atomic mass is 28.2. The van der Waals surface area contributed by atoms with E-state index in [1.54, 1.807) is 0 Å². The zero-order valence-corrected chi connectivity index (χ0v) is 14.2. The van der Waals surface area contributed by atoms with Crippen LogP contribution in [0.25, 0.3) is 0 Å². The van der Waals surface area contributed by atoms with Gasteiger partial charge in [-0.25, -0.2) is 0 Å². The molecule has 1 aliphatic heterocycles. The molecule has 0 bridgehead atoms. The fourth-order valence-corrected chi connectivity index (χ4v) is 2.70. The number of allylic oxidation sites excluding steroid dienone is 2. The highest BCUT2D eigenvalue weighted by Crippen LogP contribution is 2.28. The molecule has 0 saturated heterocycles. The first-order valence-electron chi connectivity index (χ1n) is 6.97. The molecule has 2 nitrogen and oxygen atoms in total. The molecule has 0 atom stereocenters. The van der Waals surface area contributed by atoms with Crippen molar-refractivity contribution < 1.29 is 8.54 Å². The molecule has 1 heterocycles. The smallest absolute Gasteiger partial charge is 0.424 e. The molecule has 20 heavy (non-hydrogen) atoms. The Balaban J connectivity index is 2.29. The quantitative estimate of drug-likeness (QED) is 0.560. The fraction of sp³-hybridized carbons (Fsp3) is 0.471. The van der Waals surface area contributed by atoms with E-state index in [4.69, 9.17) is 8.54 Å². The third kappa shape index (κ3) is 3.40. The van der Waals surface area contributed by atoms with Gasteiger partial charge in [-0.2, -0.15) is 0 Å². The van der Waals surface area contributed by atoms with Crippen LogP contribution in [0.1, 0.15) is 56.8 Å². The molecule has 0 N–H and O–H groups in total. The molecule has 1 radical (unpaired) electrons. The largest absolute Gasteiger partial charge is 0.632 e. The summed E-state index contributed by atoms with van der Waals surface area (Å²) in [6.07, 6.45) is 2.02. The topological polar surface area (TPSA) is 20.5 Å². The van der Waals surface area contributed by atoms with E-state index in [9.17, 15) is 0 Å². The van der Waals surface area contributed by atoms with Crippen molar-refractivity contribution in [1.82, 2.24) is 0 Å². The van der Waals surface area contributed by atoms with Gasteiger partial charge in [-0.05, 0) is 23.1 Å². The predicted octanol–water partition coefficient (Wildman–Crippen LogP) is 4.20. The Morgan fingerprint density at radius 2 is 1.50 bits per heavy atom. The summed E-state index contributed by atoms with van der Waals surface area (Å²) in [5, 5.41) is 0. The summed E-state index contributed by atoms with van der Waals surface area (Å²) >= 11 is 0. The van der Waals surface area contributed by atoms with Crippen molar-refractivity contribution in [3.8, 4) is 0 Å². The Bertz CT molecular complexity index is 540. The molecule has 0 fully saturated rings. The summed E-state index contributed by atoms with van der Waals surface area (Å²) in [5.74, 6) is 1.89. The van der Waals surface area contributed by atoms with Gasteiger partial charge in [0.25, 0.3) is 5.78 Å². The van der Waals surface area contributed by atoms with Crippen LogP contribution in [0.5, 0.6) is 0 Å². The highest BCUT2D eigenvalue weighted by molar-refractivity contribution is 6.22. The minimum atomic E-state index is 0.00732. The second-order valence-corrected chi connectivity index (χ2v) is 7.81. The minimum absolute atomic E-state index is 0.00732. The average Bonchev–Trinajstić information content (AvgIpc) is 2.37. The SMILES string of the molecule is CC(C)(C)C1=CC(c2ccc(C(C)(C)C)cc2)=[O+][Si-]O1. The Kier molecular flexibility index (Phi) is 3.92. The molecule has 0 amide bonds. The van der Waals surface area contributed by atoms with Crippen LogP contribution < -0.4 is 0 Å². The van der Waals surface area contributed by atoms with Gasteiger partial charge in [-0.3, -0.25) is 0 Å². The second kappa shape index (κ2) is 5.21. The maximum absolute atomic E-state index is 5.66. The summed E-state index contributed by atoms with van der Waals surface area (Å²) in [4.78, 5) is 0. The van der Waals surface area contributed by atoms with E-state index in [2.05, 4.69) is 65.8 Å². The number of carbonyl (C=O) groups excluding carboxylic acids is 1. The molecule has 0 aliphatic carbocycles. The Morgan fingerprint density at radius 1 is 0.900 bits per heavy atom. The molecule has 1 aromatic carbocycles. The summed E-state index contributed by atoms with van der Waals surface area (Å²) in [6.45, 7) is 13.1. The van der Waals surface area contributed by atoms with Gasteiger partial charge in [0.05, 0.1) is 17.4 Å². The maximum Gasteiger partial charge on any atom is 0.424 e. The number of ketones is 1. The van der Waals surface area contributed by atoms with E-state index in [0.717, 1.165) is 17.1 Å². The van der Waals surface area contributed by atoms with Crippen LogP contribution in [0.4, 0.5) is 0 Å². The molecule has 0 spiro atoms. The molecule has 2 rings (SSSR count). The fourth-order valence-electron chi connectivity index (χ4n) is 1.93. The lowest BCUT2D eigenvalue weighted by Crippen LogP contribution is -2.20. The standard InChI is InChI=1S/C17H23O2Si/c1-16(2,3)13-9-7-12(8-10-13)14-11-15(17(4,5)6)19-20-18-14/h7-11H,1-6H3. The molecular weight excluding hydrogens is 264 g/mol. The lowest BCUT2D eigenvalue weighted by molar-refractivity contribution is -0.109. The molecular formula is C17H23O2Si. The van der Waals surface area contributed by atoms with Gasteiger partial charge in [0.1, 0.15) is 0 Å². The van der Waals surface area contributed by atoms with Gasteiger partial charge in [0, 0.05) is 5.41 Å². The zero-order chi connectivity index (χ0) is 15.0. The van der Waals surface area contributed by atoms with E-state index in [1.165, 1.54) is 5.56 Å². The Morgan fingerprint density at radius 3 is 2.00 bits per heavy atom. The first-order chi connectivity index (χ1) is 9.18. The van der Waals surface area contributed by atoms with Crippen molar-refractivity contribution in [1.29, 1.82) is 0 Å².